The summed E-state index contributed by atoms with van der Waals surface area (Å²) in [6.45, 7) is 2.96. The van der Waals surface area contributed by atoms with Crippen molar-refractivity contribution in [2.45, 2.75) is 25.7 Å². The Morgan fingerprint density at radius 3 is 2.80 bits per heavy atom. The first-order valence-corrected chi connectivity index (χ1v) is 10.4. The monoisotopic (exact) mass is 421 g/mol. The number of rotatable bonds is 3. The summed E-state index contributed by atoms with van der Waals surface area (Å²) in [5.41, 5.74) is 3.24. The van der Waals surface area contributed by atoms with Gasteiger partial charge in [-0.15, -0.1) is 0 Å². The molecule has 7 heteroatoms. The van der Waals surface area contributed by atoms with E-state index < -0.39 is 0 Å². The fraction of sp³-hybridized carbons (Fsp3) is 0.261. The number of para-hydroxylation sites is 2. The first-order chi connectivity index (χ1) is 14.6. The highest BCUT2D eigenvalue weighted by molar-refractivity contribution is 6.33. The summed E-state index contributed by atoms with van der Waals surface area (Å²) in [7, 11) is 0. The maximum Gasteiger partial charge on any atom is 0.259 e. The van der Waals surface area contributed by atoms with Crippen LogP contribution in [0.1, 0.15) is 40.8 Å². The maximum atomic E-state index is 13.5. The van der Waals surface area contributed by atoms with Gasteiger partial charge in [-0.2, -0.15) is 0 Å². The molecular formula is C23H20ClN3O3. The van der Waals surface area contributed by atoms with E-state index >= 15 is 0 Å². The second-order valence-corrected chi connectivity index (χ2v) is 7.96. The number of aryl methyl sites for hydroxylation is 1. The van der Waals surface area contributed by atoms with Gasteiger partial charge in [0.1, 0.15) is 22.5 Å². The normalized spacial score (nSPS) is 16.9. The van der Waals surface area contributed by atoms with Crippen LogP contribution < -0.4 is 0 Å². The van der Waals surface area contributed by atoms with E-state index in [9.17, 15) is 4.79 Å². The Kier molecular flexibility index (Phi) is 4.79. The third-order valence-corrected chi connectivity index (χ3v) is 5.90. The van der Waals surface area contributed by atoms with Gasteiger partial charge in [-0.1, -0.05) is 47.1 Å². The van der Waals surface area contributed by atoms with Crippen molar-refractivity contribution in [1.82, 2.24) is 15.0 Å². The number of carbonyl (C=O) groups excluding carboxylic acids is 1. The van der Waals surface area contributed by atoms with Gasteiger partial charge in [0.2, 0.25) is 0 Å². The van der Waals surface area contributed by atoms with E-state index in [4.69, 9.17) is 20.5 Å². The van der Waals surface area contributed by atoms with Crippen LogP contribution in [-0.4, -0.2) is 34.0 Å². The molecule has 152 valence electrons. The first kappa shape index (κ1) is 18.9. The Morgan fingerprint density at radius 2 is 1.97 bits per heavy atom. The van der Waals surface area contributed by atoms with Crippen molar-refractivity contribution in [2.75, 3.05) is 13.1 Å². The van der Waals surface area contributed by atoms with Crippen molar-refractivity contribution >= 4 is 28.6 Å². The molecule has 1 aliphatic heterocycles. The molecule has 0 N–H and O–H groups in total. The lowest BCUT2D eigenvalue weighted by molar-refractivity contribution is 0.0698. The van der Waals surface area contributed by atoms with Gasteiger partial charge >= 0.3 is 0 Å². The van der Waals surface area contributed by atoms with Gasteiger partial charge < -0.3 is 13.8 Å². The molecule has 4 aromatic rings. The van der Waals surface area contributed by atoms with Gasteiger partial charge in [-0.3, -0.25) is 4.79 Å². The number of fused-ring (bicyclic) bond motifs is 1. The molecule has 1 amide bonds. The van der Waals surface area contributed by atoms with Crippen LogP contribution in [0.15, 0.2) is 57.5 Å². The van der Waals surface area contributed by atoms with Crippen LogP contribution in [0.25, 0.3) is 22.4 Å². The van der Waals surface area contributed by atoms with Crippen molar-refractivity contribution in [2.24, 2.45) is 0 Å². The molecule has 2 aromatic heterocycles. The highest BCUT2D eigenvalue weighted by atomic mass is 35.5. The Labute approximate surface area is 178 Å². The SMILES string of the molecule is Cc1onc(-c2ccccc2Cl)c1C(=O)N1CCCC(c2nc3ccccc3o2)C1. The van der Waals surface area contributed by atoms with Crippen molar-refractivity contribution in [3.63, 3.8) is 0 Å². The van der Waals surface area contributed by atoms with Crippen LogP contribution in [0.5, 0.6) is 0 Å². The highest BCUT2D eigenvalue weighted by Crippen LogP contribution is 2.34. The largest absolute Gasteiger partial charge is 0.440 e. The number of benzene rings is 2. The third kappa shape index (κ3) is 3.27. The Morgan fingerprint density at radius 1 is 1.17 bits per heavy atom. The van der Waals surface area contributed by atoms with Gasteiger partial charge in [-0.05, 0) is 38.0 Å². The summed E-state index contributed by atoms with van der Waals surface area (Å²) in [6.07, 6.45) is 1.80. The predicted molar refractivity (Wildman–Crippen MR) is 114 cm³/mol. The van der Waals surface area contributed by atoms with Crippen LogP contribution >= 0.6 is 11.6 Å². The smallest absolute Gasteiger partial charge is 0.259 e. The first-order valence-electron chi connectivity index (χ1n) is 9.97. The second kappa shape index (κ2) is 7.61. The molecule has 0 bridgehead atoms. The molecule has 5 rings (SSSR count). The molecule has 1 saturated heterocycles. The third-order valence-electron chi connectivity index (χ3n) is 5.57. The van der Waals surface area contributed by atoms with Crippen molar-refractivity contribution in [1.29, 1.82) is 0 Å². The molecule has 3 heterocycles. The number of halogens is 1. The van der Waals surface area contributed by atoms with Gasteiger partial charge in [0.15, 0.2) is 11.5 Å². The summed E-state index contributed by atoms with van der Waals surface area (Å²) in [5.74, 6) is 1.12. The summed E-state index contributed by atoms with van der Waals surface area (Å²) >= 11 is 6.35. The molecule has 0 saturated carbocycles. The molecule has 0 radical (unpaired) electrons. The van der Waals surface area contributed by atoms with Crippen LogP contribution in [0, 0.1) is 6.92 Å². The molecule has 6 nitrogen and oxygen atoms in total. The molecule has 0 aliphatic carbocycles. The van der Waals surface area contributed by atoms with Crippen LogP contribution in [0.2, 0.25) is 5.02 Å². The number of amides is 1. The maximum absolute atomic E-state index is 13.5. The number of oxazole rings is 1. The molecule has 2 aromatic carbocycles. The van der Waals surface area contributed by atoms with Crippen LogP contribution in [0.4, 0.5) is 0 Å². The van der Waals surface area contributed by atoms with E-state index in [1.54, 1.807) is 13.0 Å². The number of aromatic nitrogens is 2. The zero-order valence-corrected chi connectivity index (χ0v) is 17.2. The van der Waals surface area contributed by atoms with E-state index in [0.29, 0.717) is 46.6 Å². The highest BCUT2D eigenvalue weighted by Gasteiger charge is 2.32. The minimum Gasteiger partial charge on any atom is -0.440 e. The van der Waals surface area contributed by atoms with Gasteiger partial charge in [-0.25, -0.2) is 4.98 Å². The van der Waals surface area contributed by atoms with Crippen molar-refractivity contribution in [3.8, 4) is 11.3 Å². The fourth-order valence-corrected chi connectivity index (χ4v) is 4.27. The number of hydrogen-bond donors (Lipinski definition) is 0. The molecule has 1 aliphatic rings. The minimum absolute atomic E-state index is 0.0547. The summed E-state index contributed by atoms with van der Waals surface area (Å²) in [5, 5.41) is 4.66. The second-order valence-electron chi connectivity index (χ2n) is 7.55. The number of hydrogen-bond acceptors (Lipinski definition) is 5. The summed E-state index contributed by atoms with van der Waals surface area (Å²) < 4.78 is 11.3. The molecule has 0 spiro atoms. The average Bonchev–Trinajstić information content (AvgIpc) is 3.37. The van der Waals surface area contributed by atoms with Gasteiger partial charge in [0.25, 0.3) is 5.91 Å². The zero-order valence-electron chi connectivity index (χ0n) is 16.5. The quantitative estimate of drug-likeness (QED) is 0.439. The van der Waals surface area contributed by atoms with E-state index in [0.717, 1.165) is 23.9 Å². The van der Waals surface area contributed by atoms with E-state index in [1.807, 2.05) is 47.4 Å². The van der Waals surface area contributed by atoms with Crippen LogP contribution in [-0.2, 0) is 0 Å². The molecule has 30 heavy (non-hydrogen) atoms. The predicted octanol–water partition coefficient (Wildman–Crippen LogP) is 5.46. The average molecular weight is 422 g/mol. The van der Waals surface area contributed by atoms with Crippen molar-refractivity contribution < 1.29 is 13.7 Å². The van der Waals surface area contributed by atoms with Gasteiger partial charge in [0.05, 0.1) is 10.9 Å². The zero-order chi connectivity index (χ0) is 20.7. The number of carbonyl (C=O) groups is 1. The molecular weight excluding hydrogens is 402 g/mol. The fourth-order valence-electron chi connectivity index (χ4n) is 4.05. The van der Waals surface area contributed by atoms with Crippen LogP contribution in [0.3, 0.4) is 0 Å². The van der Waals surface area contributed by atoms with Crippen molar-refractivity contribution in [3.05, 3.63) is 70.8 Å². The lowest BCUT2D eigenvalue weighted by atomic mass is 9.96. The lowest BCUT2D eigenvalue weighted by Gasteiger charge is -2.31. The lowest BCUT2D eigenvalue weighted by Crippen LogP contribution is -2.39. The van der Waals surface area contributed by atoms with E-state index in [1.165, 1.54) is 0 Å². The Hall–Kier alpha value is -3.12. The summed E-state index contributed by atoms with van der Waals surface area (Å²) in [6, 6.07) is 15.0. The topological polar surface area (TPSA) is 72.4 Å². The Bertz CT molecular complexity index is 1200. The molecule has 1 unspecified atom stereocenters. The van der Waals surface area contributed by atoms with Gasteiger partial charge in [0, 0.05) is 18.7 Å². The number of piperidine rings is 1. The number of likely N-dealkylation sites (tertiary alicyclic amines) is 1. The van der Waals surface area contributed by atoms with E-state index in [2.05, 4.69) is 10.1 Å². The number of nitrogens with zero attached hydrogens (tertiary/aromatic N) is 3. The standard InChI is InChI=1S/C23H20ClN3O3/c1-14-20(21(26-30-14)16-8-2-3-9-17(16)24)23(28)27-12-6-7-15(13-27)22-25-18-10-4-5-11-19(18)29-22/h2-5,8-11,15H,6-7,12-13H2,1H3. The molecule has 1 atom stereocenters. The Balaban J connectivity index is 1.44. The molecule has 1 fully saturated rings. The minimum atomic E-state index is -0.107. The summed E-state index contributed by atoms with van der Waals surface area (Å²) in [4.78, 5) is 19.9. The van der Waals surface area contributed by atoms with E-state index in [-0.39, 0.29) is 11.8 Å².